The number of rotatable bonds is 6. The predicted octanol–water partition coefficient (Wildman–Crippen LogP) is 2.35. The summed E-state index contributed by atoms with van der Waals surface area (Å²) >= 11 is 3.14. The first-order valence-electron chi connectivity index (χ1n) is 9.16. The van der Waals surface area contributed by atoms with Crippen LogP contribution in [-0.2, 0) is 14.4 Å². The fraction of sp³-hybridized carbons (Fsp3) is 0.368. The van der Waals surface area contributed by atoms with E-state index in [1.54, 1.807) is 0 Å². The molecule has 0 aromatic heterocycles. The molecule has 30 heavy (non-hydrogen) atoms. The highest BCUT2D eigenvalue weighted by atomic mass is 79.9. The number of hydrogen-bond donors (Lipinski definition) is 1. The van der Waals surface area contributed by atoms with Crippen molar-refractivity contribution in [3.05, 3.63) is 44.4 Å². The van der Waals surface area contributed by atoms with Crippen molar-refractivity contribution < 1.29 is 29.2 Å². The van der Waals surface area contributed by atoms with Crippen LogP contribution in [0.3, 0.4) is 0 Å². The number of carbonyl (C=O) groups excluding carboxylic acids is 2. The summed E-state index contributed by atoms with van der Waals surface area (Å²) in [5.41, 5.74) is -0.236. The molecule has 2 fully saturated rings. The molecule has 11 heteroatoms. The van der Waals surface area contributed by atoms with Crippen molar-refractivity contribution in [2.45, 2.75) is 19.4 Å². The van der Waals surface area contributed by atoms with Crippen molar-refractivity contribution in [2.75, 3.05) is 0 Å². The van der Waals surface area contributed by atoms with Gasteiger partial charge >= 0.3 is 11.7 Å². The Bertz CT molecular complexity index is 1010. The summed E-state index contributed by atoms with van der Waals surface area (Å²) in [5, 5.41) is 25.3. The largest absolute Gasteiger partial charge is 0.479 e. The maximum absolute atomic E-state index is 12.7. The number of benzene rings is 1. The van der Waals surface area contributed by atoms with Gasteiger partial charge in [0.15, 0.2) is 6.10 Å². The highest BCUT2D eigenvalue weighted by molar-refractivity contribution is 9.10. The highest BCUT2D eigenvalue weighted by Gasteiger charge is 2.59. The van der Waals surface area contributed by atoms with Crippen molar-refractivity contribution in [1.82, 2.24) is 5.01 Å². The van der Waals surface area contributed by atoms with Gasteiger partial charge in [-0.2, -0.15) is 10.1 Å². The summed E-state index contributed by atoms with van der Waals surface area (Å²) in [6.45, 7) is 1.25. The van der Waals surface area contributed by atoms with Crippen LogP contribution in [0.2, 0.25) is 0 Å². The number of carboxylic acids is 1. The van der Waals surface area contributed by atoms with Gasteiger partial charge in [-0.05, 0) is 47.2 Å². The number of ether oxygens (including phenoxy) is 1. The van der Waals surface area contributed by atoms with Gasteiger partial charge in [-0.3, -0.25) is 19.7 Å². The second kappa shape index (κ2) is 7.31. The molecule has 10 nitrogen and oxygen atoms in total. The summed E-state index contributed by atoms with van der Waals surface area (Å²) in [6.07, 6.45) is 4.64. The Morgan fingerprint density at radius 3 is 2.47 bits per heavy atom. The first kappa shape index (κ1) is 20.2. The number of amides is 2. The zero-order valence-corrected chi connectivity index (χ0v) is 17.2. The molecule has 3 aliphatic rings. The first-order chi connectivity index (χ1) is 14.2. The quantitative estimate of drug-likeness (QED) is 0.218. The molecular formula is C19H16BrN3O7. The van der Waals surface area contributed by atoms with Crippen LogP contribution in [0, 0.1) is 33.8 Å². The van der Waals surface area contributed by atoms with Crippen LogP contribution in [0.4, 0.5) is 5.69 Å². The predicted molar refractivity (Wildman–Crippen MR) is 106 cm³/mol. The van der Waals surface area contributed by atoms with Crippen molar-refractivity contribution in [3.8, 4) is 5.75 Å². The number of fused-ring (bicyclic) bond motifs is 5. The Morgan fingerprint density at radius 1 is 1.33 bits per heavy atom. The van der Waals surface area contributed by atoms with E-state index in [1.165, 1.54) is 19.2 Å². The second-order valence-corrected chi connectivity index (χ2v) is 8.29. The topological polar surface area (TPSA) is 139 Å². The minimum Gasteiger partial charge on any atom is -0.479 e. The number of nitro groups is 1. The molecule has 2 bridgehead atoms. The molecule has 5 atom stereocenters. The molecule has 0 spiro atoms. The van der Waals surface area contributed by atoms with Crippen molar-refractivity contribution >= 4 is 45.6 Å². The minimum absolute atomic E-state index is 0.0551. The van der Waals surface area contributed by atoms with E-state index in [0.29, 0.717) is 0 Å². The summed E-state index contributed by atoms with van der Waals surface area (Å²) in [6, 6.07) is 2.56. The van der Waals surface area contributed by atoms with Gasteiger partial charge in [0.2, 0.25) is 5.75 Å². The van der Waals surface area contributed by atoms with Crippen molar-refractivity contribution in [1.29, 1.82) is 0 Å². The molecule has 1 saturated heterocycles. The first-order valence-corrected chi connectivity index (χ1v) is 9.96. The van der Waals surface area contributed by atoms with Crippen molar-refractivity contribution in [3.63, 3.8) is 0 Å². The second-order valence-electron chi connectivity index (χ2n) is 7.44. The van der Waals surface area contributed by atoms with E-state index in [9.17, 15) is 24.5 Å². The van der Waals surface area contributed by atoms with Gasteiger partial charge < -0.3 is 9.84 Å². The van der Waals surface area contributed by atoms with Gasteiger partial charge in [-0.25, -0.2) is 4.79 Å². The number of nitro benzene ring substituents is 1. The monoisotopic (exact) mass is 477 g/mol. The van der Waals surface area contributed by atoms with Gasteiger partial charge in [-0.1, -0.05) is 12.2 Å². The molecule has 2 amide bonds. The molecule has 0 radical (unpaired) electrons. The minimum atomic E-state index is -1.30. The van der Waals surface area contributed by atoms with Gasteiger partial charge in [0.1, 0.15) is 0 Å². The Labute approximate surface area is 178 Å². The fourth-order valence-electron chi connectivity index (χ4n) is 4.28. The Balaban J connectivity index is 1.60. The lowest BCUT2D eigenvalue weighted by atomic mass is 9.85. The molecule has 1 N–H and O–H groups in total. The summed E-state index contributed by atoms with van der Waals surface area (Å²) < 4.78 is 5.33. The molecule has 156 valence electrons. The molecule has 1 saturated carbocycles. The number of hydrazone groups is 1. The fourth-order valence-corrected chi connectivity index (χ4v) is 4.84. The molecule has 1 aromatic carbocycles. The van der Waals surface area contributed by atoms with Crippen LogP contribution in [0.15, 0.2) is 33.9 Å². The average Bonchev–Trinajstić information content (AvgIpc) is 3.36. The highest BCUT2D eigenvalue weighted by Crippen LogP contribution is 2.52. The maximum Gasteiger partial charge on any atom is 0.344 e. The number of halogens is 1. The van der Waals surface area contributed by atoms with E-state index in [0.717, 1.165) is 17.5 Å². The molecular weight excluding hydrogens is 462 g/mol. The van der Waals surface area contributed by atoms with Crippen molar-refractivity contribution in [2.24, 2.45) is 28.8 Å². The summed E-state index contributed by atoms with van der Waals surface area (Å²) in [4.78, 5) is 47.0. The maximum atomic E-state index is 12.7. The Hall–Kier alpha value is -3.08. The normalized spacial score (nSPS) is 27.7. The zero-order valence-electron chi connectivity index (χ0n) is 15.6. The van der Waals surface area contributed by atoms with Gasteiger partial charge in [-0.15, -0.1) is 0 Å². The molecule has 1 heterocycles. The van der Waals surface area contributed by atoms with Crippen LogP contribution in [-0.4, -0.2) is 45.1 Å². The molecule has 1 aromatic rings. The number of imide groups is 1. The number of carbonyl (C=O) groups is 3. The molecule has 1 aliphatic heterocycles. The average molecular weight is 478 g/mol. The van der Waals surface area contributed by atoms with Crippen LogP contribution >= 0.6 is 15.9 Å². The van der Waals surface area contributed by atoms with E-state index >= 15 is 0 Å². The number of carboxylic acid groups (broad SMARTS) is 1. The summed E-state index contributed by atoms with van der Waals surface area (Å²) in [7, 11) is 0. The molecule has 4 rings (SSSR count). The third kappa shape index (κ3) is 3.18. The number of aliphatic carboxylic acids is 1. The number of nitrogens with zero attached hydrogens (tertiary/aromatic N) is 3. The Morgan fingerprint density at radius 2 is 1.93 bits per heavy atom. The lowest BCUT2D eigenvalue weighted by Crippen LogP contribution is -2.28. The van der Waals surface area contributed by atoms with E-state index in [2.05, 4.69) is 21.0 Å². The number of allylic oxidation sites excluding steroid dienone is 2. The third-order valence-corrected chi connectivity index (χ3v) is 6.24. The zero-order chi connectivity index (χ0) is 21.7. The van der Waals surface area contributed by atoms with Gasteiger partial charge in [0.05, 0.1) is 27.4 Å². The van der Waals surface area contributed by atoms with Gasteiger partial charge in [0, 0.05) is 11.6 Å². The van der Waals surface area contributed by atoms with Crippen LogP contribution < -0.4 is 4.74 Å². The van der Waals surface area contributed by atoms with Crippen LogP contribution in [0.1, 0.15) is 18.9 Å². The smallest absolute Gasteiger partial charge is 0.344 e. The lowest BCUT2D eigenvalue weighted by Gasteiger charge is -2.13. The van der Waals surface area contributed by atoms with E-state index in [-0.39, 0.29) is 51.3 Å². The van der Waals surface area contributed by atoms with Crippen LogP contribution in [0.5, 0.6) is 5.75 Å². The molecule has 0 unspecified atom stereocenters. The van der Waals surface area contributed by atoms with Gasteiger partial charge in [0.25, 0.3) is 11.8 Å². The lowest BCUT2D eigenvalue weighted by molar-refractivity contribution is -0.386. The SMILES string of the molecule is C[C@@H](Oc1c(Br)cc(C=NN2C(=O)[C@@H]3[C@H](C2=O)[C@H]2C=C[C@H]3C2)cc1[N+](=O)[O-])C(=O)O. The number of hydrogen-bond acceptors (Lipinski definition) is 7. The standard InChI is InChI=1S/C19H16BrN3O7/c1-8(19(26)27)30-16-12(20)4-9(5-13(16)23(28)29)7-21-22-17(24)14-10-2-3-11(6-10)15(14)18(22)25/h2-5,7-8,10-11,14-15H,6H2,1H3,(H,26,27)/t8-,10+,11+,14-,15+/m1/s1. The third-order valence-electron chi connectivity index (χ3n) is 5.65. The molecule has 2 aliphatic carbocycles. The van der Waals surface area contributed by atoms with E-state index in [4.69, 9.17) is 9.84 Å². The Kier molecular flexibility index (Phi) is 4.92. The van der Waals surface area contributed by atoms with E-state index < -0.39 is 22.7 Å². The summed E-state index contributed by atoms with van der Waals surface area (Å²) in [5.74, 6) is -2.90. The van der Waals surface area contributed by atoms with E-state index in [1.807, 2.05) is 12.2 Å². The van der Waals surface area contributed by atoms with Crippen LogP contribution in [0.25, 0.3) is 0 Å².